The Balaban J connectivity index is 1.73. The molecule has 1 fully saturated rings. The number of halogens is 1. The third kappa shape index (κ3) is 7.46. The highest BCUT2D eigenvalue weighted by molar-refractivity contribution is 6.30. The number of ether oxygens (including phenoxy) is 2. The molecule has 0 aromatic heterocycles. The van der Waals surface area contributed by atoms with Gasteiger partial charge in [-0.25, -0.2) is 4.79 Å². The lowest BCUT2D eigenvalue weighted by Crippen LogP contribution is -2.40. The van der Waals surface area contributed by atoms with Crippen LogP contribution in [0.1, 0.15) is 32.6 Å². The minimum atomic E-state index is -0.307. The lowest BCUT2D eigenvalue weighted by molar-refractivity contribution is 0.128. The first-order chi connectivity index (χ1) is 13.5. The van der Waals surface area contributed by atoms with Crippen molar-refractivity contribution in [3.63, 3.8) is 0 Å². The summed E-state index contributed by atoms with van der Waals surface area (Å²) in [5, 5.41) is 0.625. The van der Waals surface area contributed by atoms with Crippen molar-refractivity contribution >= 4 is 17.7 Å². The molecule has 1 aliphatic rings. The quantitative estimate of drug-likeness (QED) is 0.547. The van der Waals surface area contributed by atoms with E-state index in [-0.39, 0.29) is 12.1 Å². The Kier molecular flexibility index (Phi) is 9.82. The molecule has 28 heavy (non-hydrogen) atoms. The van der Waals surface area contributed by atoms with Gasteiger partial charge in [-0.15, -0.1) is 0 Å². The summed E-state index contributed by atoms with van der Waals surface area (Å²) in [4.78, 5) is 16.5. The fraction of sp³-hybridized carbons (Fsp3) is 0.591. The van der Waals surface area contributed by atoms with Crippen LogP contribution in [0.2, 0.25) is 5.02 Å². The molecule has 0 N–H and O–H groups in total. The van der Waals surface area contributed by atoms with Crippen LogP contribution < -0.4 is 4.74 Å². The van der Waals surface area contributed by atoms with E-state index in [2.05, 4.69) is 24.0 Å². The molecule has 5 nitrogen and oxygen atoms in total. The van der Waals surface area contributed by atoms with Crippen molar-refractivity contribution in [3.05, 3.63) is 41.4 Å². The van der Waals surface area contributed by atoms with Crippen molar-refractivity contribution in [3.8, 4) is 5.75 Å². The molecule has 0 bridgehead atoms. The van der Waals surface area contributed by atoms with E-state index in [9.17, 15) is 4.79 Å². The Morgan fingerprint density at radius 3 is 2.50 bits per heavy atom. The van der Waals surface area contributed by atoms with Crippen molar-refractivity contribution in [2.45, 2.75) is 38.6 Å². The van der Waals surface area contributed by atoms with Gasteiger partial charge in [0.15, 0.2) is 0 Å². The van der Waals surface area contributed by atoms with Gasteiger partial charge in [0.25, 0.3) is 0 Å². The van der Waals surface area contributed by atoms with Crippen LogP contribution in [0.5, 0.6) is 5.75 Å². The zero-order valence-corrected chi connectivity index (χ0v) is 18.0. The molecule has 0 unspecified atom stereocenters. The van der Waals surface area contributed by atoms with Crippen LogP contribution in [-0.2, 0) is 4.74 Å². The minimum Gasteiger partial charge on any atom is -0.410 e. The zero-order valence-electron chi connectivity index (χ0n) is 17.3. The Labute approximate surface area is 174 Å². The Morgan fingerprint density at radius 2 is 1.89 bits per heavy atom. The van der Waals surface area contributed by atoms with E-state index in [0.29, 0.717) is 16.7 Å². The number of hydrogen-bond donors (Lipinski definition) is 0. The van der Waals surface area contributed by atoms with Crippen LogP contribution in [0.15, 0.2) is 36.4 Å². The number of benzene rings is 1. The lowest BCUT2D eigenvalue weighted by Gasteiger charge is -2.33. The van der Waals surface area contributed by atoms with Gasteiger partial charge in [-0.3, -0.25) is 4.90 Å². The highest BCUT2D eigenvalue weighted by Gasteiger charge is 2.26. The number of carbonyl (C=O) groups is 1. The molecule has 2 rings (SSSR count). The summed E-state index contributed by atoms with van der Waals surface area (Å²) in [6, 6.07) is 7.09. The van der Waals surface area contributed by atoms with E-state index in [1.54, 1.807) is 36.3 Å². The average Bonchev–Trinajstić information content (AvgIpc) is 2.72. The molecular formula is C22H33ClN2O3. The van der Waals surface area contributed by atoms with Crippen LogP contribution >= 0.6 is 11.6 Å². The third-order valence-electron chi connectivity index (χ3n) is 5.43. The summed E-state index contributed by atoms with van der Waals surface area (Å²) >= 11 is 5.87. The minimum absolute atomic E-state index is 0.235. The molecule has 0 spiro atoms. The highest BCUT2D eigenvalue weighted by Crippen LogP contribution is 2.28. The van der Waals surface area contributed by atoms with Crippen LogP contribution in [0.3, 0.4) is 0 Å². The van der Waals surface area contributed by atoms with Gasteiger partial charge in [0.05, 0.1) is 6.61 Å². The van der Waals surface area contributed by atoms with Gasteiger partial charge >= 0.3 is 6.09 Å². The second kappa shape index (κ2) is 12.1. The van der Waals surface area contributed by atoms with E-state index in [4.69, 9.17) is 21.1 Å². The maximum absolute atomic E-state index is 12.4. The number of likely N-dealkylation sites (N-methyl/N-ethyl adjacent to an activating group) is 1. The Bertz CT molecular complexity index is 613. The number of hydrogen-bond acceptors (Lipinski definition) is 4. The monoisotopic (exact) mass is 408 g/mol. The second-order valence-electron chi connectivity index (χ2n) is 7.32. The lowest BCUT2D eigenvalue weighted by atomic mass is 9.85. The first kappa shape index (κ1) is 22.7. The summed E-state index contributed by atoms with van der Waals surface area (Å²) in [6.07, 6.45) is 8.52. The fourth-order valence-electron chi connectivity index (χ4n) is 3.51. The van der Waals surface area contributed by atoms with Crippen molar-refractivity contribution in [2.24, 2.45) is 5.92 Å². The van der Waals surface area contributed by atoms with Gasteiger partial charge in [-0.2, -0.15) is 0 Å². The average molecular weight is 409 g/mol. The van der Waals surface area contributed by atoms with E-state index >= 15 is 0 Å². The predicted octanol–water partition coefficient (Wildman–Crippen LogP) is 4.85. The molecule has 156 valence electrons. The molecule has 1 aliphatic carbocycles. The summed E-state index contributed by atoms with van der Waals surface area (Å²) in [7, 11) is 3.57. The molecular weight excluding hydrogens is 376 g/mol. The zero-order chi connectivity index (χ0) is 20.4. The SMILES string of the molecule is CCN(C/C=C/C1CCC(N(C)C(=O)Oc2ccc(Cl)cc2)CC1)CCOC. The molecule has 1 aromatic carbocycles. The number of methoxy groups -OCH3 is 1. The van der Waals surface area contributed by atoms with Gasteiger partial charge in [0.1, 0.15) is 5.75 Å². The largest absolute Gasteiger partial charge is 0.415 e. The maximum atomic E-state index is 12.4. The second-order valence-corrected chi connectivity index (χ2v) is 7.75. The van der Waals surface area contributed by atoms with Crippen molar-refractivity contribution in [1.29, 1.82) is 0 Å². The van der Waals surface area contributed by atoms with E-state index in [0.717, 1.165) is 51.9 Å². The molecule has 1 saturated carbocycles. The fourth-order valence-corrected chi connectivity index (χ4v) is 3.63. The number of carbonyl (C=O) groups excluding carboxylic acids is 1. The molecule has 1 aromatic rings. The first-order valence-electron chi connectivity index (χ1n) is 10.1. The number of amides is 1. The Morgan fingerprint density at radius 1 is 1.21 bits per heavy atom. The van der Waals surface area contributed by atoms with Crippen molar-refractivity contribution < 1.29 is 14.3 Å². The predicted molar refractivity (Wildman–Crippen MR) is 114 cm³/mol. The third-order valence-corrected chi connectivity index (χ3v) is 5.68. The van der Waals surface area contributed by atoms with Crippen LogP contribution in [0.4, 0.5) is 4.79 Å². The molecule has 0 atom stereocenters. The van der Waals surface area contributed by atoms with Crippen LogP contribution in [0.25, 0.3) is 0 Å². The molecule has 6 heteroatoms. The number of rotatable bonds is 9. The number of allylic oxidation sites excluding steroid dienone is 1. The van der Waals surface area contributed by atoms with Gasteiger partial charge < -0.3 is 14.4 Å². The van der Waals surface area contributed by atoms with Crippen molar-refractivity contribution in [1.82, 2.24) is 9.80 Å². The highest BCUT2D eigenvalue weighted by atomic mass is 35.5. The van der Waals surface area contributed by atoms with E-state index in [1.165, 1.54) is 0 Å². The van der Waals surface area contributed by atoms with Gasteiger partial charge in [-0.05, 0) is 62.4 Å². The Hall–Kier alpha value is -1.56. The van der Waals surface area contributed by atoms with Crippen LogP contribution in [-0.4, -0.2) is 62.3 Å². The summed E-state index contributed by atoms with van der Waals surface area (Å²) < 4.78 is 10.6. The van der Waals surface area contributed by atoms with E-state index in [1.807, 2.05) is 7.05 Å². The summed E-state index contributed by atoms with van der Waals surface area (Å²) in [5.74, 6) is 1.12. The molecule has 0 radical (unpaired) electrons. The van der Waals surface area contributed by atoms with Gasteiger partial charge in [0, 0.05) is 38.3 Å². The smallest absolute Gasteiger partial charge is 0.410 e. The topological polar surface area (TPSA) is 42.0 Å². The number of nitrogens with zero attached hydrogens (tertiary/aromatic N) is 2. The normalized spacial score (nSPS) is 19.9. The summed E-state index contributed by atoms with van der Waals surface area (Å²) in [5.41, 5.74) is 0. The standard InChI is InChI=1S/C22H33ClN2O3/c1-4-25(16-17-27-3)15-5-6-18-7-11-20(12-8-18)24(2)22(26)28-21-13-9-19(23)10-14-21/h5-6,9-10,13-14,18,20H,4,7-8,11-12,15-17H2,1-3H3/b6-5+. The maximum Gasteiger partial charge on any atom is 0.415 e. The van der Waals surface area contributed by atoms with Gasteiger partial charge in [-0.1, -0.05) is 30.7 Å². The molecule has 0 heterocycles. The molecule has 1 amide bonds. The van der Waals surface area contributed by atoms with Crippen molar-refractivity contribution in [2.75, 3.05) is 40.4 Å². The van der Waals surface area contributed by atoms with Gasteiger partial charge in [0.2, 0.25) is 0 Å². The molecule has 0 aliphatic heterocycles. The molecule has 0 saturated heterocycles. The van der Waals surface area contributed by atoms with Crippen LogP contribution in [0, 0.1) is 5.92 Å². The first-order valence-corrected chi connectivity index (χ1v) is 10.5. The van der Waals surface area contributed by atoms with E-state index < -0.39 is 0 Å². The summed E-state index contributed by atoms with van der Waals surface area (Å²) in [6.45, 7) is 5.90.